The summed E-state index contributed by atoms with van der Waals surface area (Å²) >= 11 is 6.19. The molecule has 1 aliphatic carbocycles. The first-order valence-corrected chi connectivity index (χ1v) is 11.1. The third-order valence-corrected chi connectivity index (χ3v) is 6.96. The maximum Gasteiger partial charge on any atom is 0.223 e. The molecule has 2 heterocycles. The summed E-state index contributed by atoms with van der Waals surface area (Å²) in [4.78, 5) is 31.4. The van der Waals surface area contributed by atoms with Crippen LogP contribution >= 0.6 is 11.6 Å². The topological polar surface area (TPSA) is 62.3 Å². The number of hydrogen-bond donors (Lipinski definition) is 1. The molecule has 5 nitrogen and oxygen atoms in total. The second-order valence-electron chi connectivity index (χ2n) is 8.45. The lowest BCUT2D eigenvalue weighted by molar-refractivity contribution is -0.132. The number of pyridine rings is 1. The van der Waals surface area contributed by atoms with Crippen LogP contribution in [0.3, 0.4) is 0 Å². The van der Waals surface area contributed by atoms with Crippen molar-refractivity contribution in [1.82, 2.24) is 15.2 Å². The van der Waals surface area contributed by atoms with Crippen LogP contribution in [0.15, 0.2) is 48.7 Å². The highest BCUT2D eigenvalue weighted by atomic mass is 35.5. The SMILES string of the molecule is O=C(NCCc1ccccn1)[C@H]1CC12CCN(C(=O)CCc1ccccc1Cl)CC2. The van der Waals surface area contributed by atoms with E-state index in [-0.39, 0.29) is 23.1 Å². The number of halogens is 1. The Bertz CT molecular complexity index is 894. The molecular weight excluding hydrogens is 398 g/mol. The maximum absolute atomic E-state index is 12.6. The third kappa shape index (κ3) is 4.84. The molecule has 2 fully saturated rings. The lowest BCUT2D eigenvalue weighted by Gasteiger charge is -2.33. The molecule has 1 saturated carbocycles. The molecule has 30 heavy (non-hydrogen) atoms. The van der Waals surface area contributed by atoms with Crippen LogP contribution in [0.4, 0.5) is 0 Å². The van der Waals surface area contributed by atoms with Crippen molar-refractivity contribution in [2.75, 3.05) is 19.6 Å². The molecule has 0 radical (unpaired) electrons. The molecule has 6 heteroatoms. The van der Waals surface area contributed by atoms with Crippen LogP contribution in [0.25, 0.3) is 0 Å². The Morgan fingerprint density at radius 3 is 2.60 bits per heavy atom. The van der Waals surface area contributed by atoms with Crippen molar-refractivity contribution in [1.29, 1.82) is 0 Å². The van der Waals surface area contributed by atoms with Gasteiger partial charge < -0.3 is 10.2 Å². The van der Waals surface area contributed by atoms with Crippen molar-refractivity contribution in [3.8, 4) is 0 Å². The fourth-order valence-electron chi connectivity index (χ4n) is 4.56. The standard InChI is InChI=1S/C24H28ClN3O2/c25-21-7-2-1-5-18(21)8-9-22(29)28-15-11-24(12-16-28)17-20(24)23(30)27-14-10-19-6-3-4-13-26-19/h1-7,13,20H,8-12,14-17H2,(H,27,30)/t20-/m1/s1. The van der Waals surface area contributed by atoms with Gasteiger partial charge in [-0.3, -0.25) is 14.6 Å². The number of carbonyl (C=O) groups is 2. The molecular formula is C24H28ClN3O2. The molecule has 1 spiro atoms. The monoisotopic (exact) mass is 425 g/mol. The van der Waals surface area contributed by atoms with E-state index in [9.17, 15) is 9.59 Å². The predicted molar refractivity (Wildman–Crippen MR) is 117 cm³/mol. The molecule has 2 aliphatic rings. The number of benzene rings is 1. The van der Waals surface area contributed by atoms with Crippen LogP contribution in [-0.2, 0) is 22.4 Å². The normalized spacial score (nSPS) is 19.5. The molecule has 1 atom stereocenters. The van der Waals surface area contributed by atoms with Crippen molar-refractivity contribution >= 4 is 23.4 Å². The Morgan fingerprint density at radius 2 is 1.87 bits per heavy atom. The van der Waals surface area contributed by atoms with E-state index in [1.165, 1.54) is 0 Å². The van der Waals surface area contributed by atoms with Crippen LogP contribution in [0.1, 0.15) is 36.9 Å². The Balaban J connectivity index is 1.18. The largest absolute Gasteiger partial charge is 0.355 e. The lowest BCUT2D eigenvalue weighted by Crippen LogP contribution is -2.40. The van der Waals surface area contributed by atoms with Crippen LogP contribution < -0.4 is 5.32 Å². The van der Waals surface area contributed by atoms with E-state index in [4.69, 9.17) is 11.6 Å². The van der Waals surface area contributed by atoms with Crippen LogP contribution in [0, 0.1) is 11.3 Å². The van der Waals surface area contributed by atoms with E-state index in [0.717, 1.165) is 55.1 Å². The average molecular weight is 426 g/mol. The first-order valence-electron chi connectivity index (χ1n) is 10.8. The molecule has 4 rings (SSSR count). The van der Waals surface area contributed by atoms with Crippen molar-refractivity contribution < 1.29 is 9.59 Å². The second kappa shape index (κ2) is 9.17. The summed E-state index contributed by atoms with van der Waals surface area (Å²) in [6.45, 7) is 2.12. The fourth-order valence-corrected chi connectivity index (χ4v) is 4.79. The van der Waals surface area contributed by atoms with Gasteiger partial charge in [0, 0.05) is 55.3 Å². The summed E-state index contributed by atoms with van der Waals surface area (Å²) in [7, 11) is 0. The number of nitrogens with one attached hydrogen (secondary N) is 1. The van der Waals surface area contributed by atoms with Crippen LogP contribution in [-0.4, -0.2) is 41.3 Å². The van der Waals surface area contributed by atoms with Crippen LogP contribution in [0.2, 0.25) is 5.02 Å². The van der Waals surface area contributed by atoms with Crippen molar-refractivity contribution in [3.05, 3.63) is 64.9 Å². The number of likely N-dealkylation sites (tertiary alicyclic amines) is 1. The van der Waals surface area contributed by atoms with Crippen molar-refractivity contribution in [3.63, 3.8) is 0 Å². The maximum atomic E-state index is 12.6. The van der Waals surface area contributed by atoms with E-state index in [1.807, 2.05) is 47.4 Å². The fraction of sp³-hybridized carbons (Fsp3) is 0.458. The zero-order chi connectivity index (χ0) is 21.0. The number of amides is 2. The molecule has 1 aromatic carbocycles. The summed E-state index contributed by atoms with van der Waals surface area (Å²) in [5.74, 6) is 0.438. The summed E-state index contributed by atoms with van der Waals surface area (Å²) in [6.07, 6.45) is 6.46. The van der Waals surface area contributed by atoms with Gasteiger partial charge in [0.1, 0.15) is 0 Å². The van der Waals surface area contributed by atoms with Crippen LogP contribution in [0.5, 0.6) is 0 Å². The molecule has 1 aromatic heterocycles. The zero-order valence-electron chi connectivity index (χ0n) is 17.1. The molecule has 1 saturated heterocycles. The van der Waals surface area contributed by atoms with Gasteiger partial charge in [-0.2, -0.15) is 0 Å². The first kappa shape index (κ1) is 20.9. The minimum atomic E-state index is 0.0987. The Morgan fingerprint density at radius 1 is 1.10 bits per heavy atom. The molecule has 1 aliphatic heterocycles. The Kier molecular flexibility index (Phi) is 6.38. The van der Waals surface area contributed by atoms with E-state index in [1.54, 1.807) is 6.20 Å². The van der Waals surface area contributed by atoms with Gasteiger partial charge in [0.25, 0.3) is 0 Å². The molecule has 158 valence electrons. The molecule has 2 aromatic rings. The average Bonchev–Trinajstić information content (AvgIpc) is 3.47. The lowest BCUT2D eigenvalue weighted by atomic mass is 9.90. The molecule has 2 amide bonds. The molecule has 1 N–H and O–H groups in total. The number of hydrogen-bond acceptors (Lipinski definition) is 3. The zero-order valence-corrected chi connectivity index (χ0v) is 17.9. The minimum absolute atomic E-state index is 0.0987. The first-order chi connectivity index (χ1) is 14.6. The van der Waals surface area contributed by atoms with Gasteiger partial charge in [0.05, 0.1) is 0 Å². The second-order valence-corrected chi connectivity index (χ2v) is 8.86. The highest BCUT2D eigenvalue weighted by molar-refractivity contribution is 6.31. The van der Waals surface area contributed by atoms with Gasteiger partial charge in [0.2, 0.25) is 11.8 Å². The Hall–Kier alpha value is -2.40. The smallest absolute Gasteiger partial charge is 0.223 e. The van der Waals surface area contributed by atoms with E-state index in [2.05, 4.69) is 10.3 Å². The van der Waals surface area contributed by atoms with E-state index in [0.29, 0.717) is 19.4 Å². The minimum Gasteiger partial charge on any atom is -0.355 e. The number of rotatable bonds is 7. The molecule has 0 bridgehead atoms. The summed E-state index contributed by atoms with van der Waals surface area (Å²) in [5.41, 5.74) is 2.12. The van der Waals surface area contributed by atoms with Gasteiger partial charge >= 0.3 is 0 Å². The van der Waals surface area contributed by atoms with Gasteiger partial charge in [-0.15, -0.1) is 0 Å². The highest BCUT2D eigenvalue weighted by Crippen LogP contribution is 2.59. The summed E-state index contributed by atoms with van der Waals surface area (Å²) < 4.78 is 0. The number of aryl methyl sites for hydroxylation is 1. The van der Waals surface area contributed by atoms with E-state index < -0.39 is 0 Å². The number of carbonyl (C=O) groups excluding carboxylic acids is 2. The predicted octanol–water partition coefficient (Wildman–Crippen LogP) is 3.66. The van der Waals surface area contributed by atoms with Crippen molar-refractivity contribution in [2.45, 2.75) is 38.5 Å². The van der Waals surface area contributed by atoms with Gasteiger partial charge in [-0.25, -0.2) is 0 Å². The van der Waals surface area contributed by atoms with Crippen molar-refractivity contribution in [2.24, 2.45) is 11.3 Å². The number of piperidine rings is 1. The summed E-state index contributed by atoms with van der Waals surface area (Å²) in [5, 5.41) is 3.79. The van der Waals surface area contributed by atoms with Gasteiger partial charge in [-0.05, 0) is 54.9 Å². The number of aromatic nitrogens is 1. The molecule has 0 unspecified atom stereocenters. The van der Waals surface area contributed by atoms with E-state index >= 15 is 0 Å². The van der Waals surface area contributed by atoms with Gasteiger partial charge in [0.15, 0.2) is 0 Å². The summed E-state index contributed by atoms with van der Waals surface area (Å²) in [6, 6.07) is 13.5. The van der Waals surface area contributed by atoms with Gasteiger partial charge in [-0.1, -0.05) is 35.9 Å². The third-order valence-electron chi connectivity index (χ3n) is 6.59. The quantitative estimate of drug-likeness (QED) is 0.736. The number of nitrogens with zero attached hydrogens (tertiary/aromatic N) is 2. The highest BCUT2D eigenvalue weighted by Gasteiger charge is 2.58. The Labute approximate surface area is 182 Å².